The van der Waals surface area contributed by atoms with Gasteiger partial charge in [-0.1, -0.05) is 182 Å². The van der Waals surface area contributed by atoms with Crippen molar-refractivity contribution >= 4 is 71.7 Å². The Labute approximate surface area is 388 Å². The highest BCUT2D eigenvalue weighted by Crippen LogP contribution is 2.44. The van der Waals surface area contributed by atoms with Crippen LogP contribution >= 0.6 is 0 Å². The van der Waals surface area contributed by atoms with Crippen LogP contribution in [0.25, 0.3) is 110 Å². The maximum Gasteiger partial charge on any atom is 0.143 e. The Bertz CT molecular complexity index is 3940. The molecule has 11 aromatic carbocycles. The molecule has 0 aliphatic carbocycles. The molecule has 0 saturated carbocycles. The molecule has 0 radical (unpaired) electrons. The maximum absolute atomic E-state index is 6.57. The zero-order chi connectivity index (χ0) is 44.3. The topological polar surface area (TPSA) is 29.5 Å². The third kappa shape index (κ3) is 6.67. The van der Waals surface area contributed by atoms with Gasteiger partial charge in [-0.2, -0.15) is 0 Å². The molecule has 0 aliphatic heterocycles. The van der Waals surface area contributed by atoms with Crippen molar-refractivity contribution in [3.8, 4) is 55.6 Å². The second kappa shape index (κ2) is 16.0. The number of para-hydroxylation sites is 1. The van der Waals surface area contributed by atoms with E-state index in [1.807, 2.05) is 12.1 Å². The van der Waals surface area contributed by atoms with Gasteiger partial charge in [-0.3, -0.25) is 0 Å². The molecule has 3 heteroatoms. The van der Waals surface area contributed by atoms with Crippen molar-refractivity contribution in [2.75, 3.05) is 4.90 Å². The molecule has 314 valence electrons. The molecule has 0 aliphatic rings. The summed E-state index contributed by atoms with van der Waals surface area (Å²) in [7, 11) is 0. The fraction of sp³-hybridized carbons (Fsp3) is 0. The smallest absolute Gasteiger partial charge is 0.143 e. The van der Waals surface area contributed by atoms with Crippen LogP contribution in [0.3, 0.4) is 0 Å². The summed E-state index contributed by atoms with van der Waals surface area (Å²) >= 11 is 0. The van der Waals surface area contributed by atoms with Gasteiger partial charge in [0.1, 0.15) is 22.3 Å². The number of hydrogen-bond acceptors (Lipinski definition) is 3. The van der Waals surface area contributed by atoms with Crippen molar-refractivity contribution in [1.29, 1.82) is 0 Å². The number of fused-ring (bicyclic) bond motifs is 8. The van der Waals surface area contributed by atoms with Crippen molar-refractivity contribution in [2.24, 2.45) is 0 Å². The van der Waals surface area contributed by atoms with Gasteiger partial charge < -0.3 is 13.7 Å². The van der Waals surface area contributed by atoms with Gasteiger partial charge in [0.05, 0.1) is 0 Å². The fourth-order valence-electron chi connectivity index (χ4n) is 10.1. The number of anilines is 3. The number of rotatable bonds is 8. The van der Waals surface area contributed by atoms with Crippen LogP contribution in [0.4, 0.5) is 17.1 Å². The van der Waals surface area contributed by atoms with Crippen molar-refractivity contribution in [1.82, 2.24) is 0 Å². The molecule has 0 atom stereocenters. The highest BCUT2D eigenvalue weighted by atomic mass is 16.3. The molecule has 0 N–H and O–H groups in total. The Balaban J connectivity index is 0.907. The summed E-state index contributed by atoms with van der Waals surface area (Å²) < 4.78 is 12.8. The molecule has 0 spiro atoms. The van der Waals surface area contributed by atoms with Crippen LogP contribution in [-0.2, 0) is 0 Å². The first-order chi connectivity index (χ1) is 33.2. The molecular formula is C64H41NO2. The zero-order valence-corrected chi connectivity index (χ0v) is 36.4. The molecule has 13 aromatic rings. The van der Waals surface area contributed by atoms with Crippen molar-refractivity contribution in [2.45, 2.75) is 0 Å². The number of nitrogens with zero attached hydrogens (tertiary/aromatic N) is 1. The lowest BCUT2D eigenvalue weighted by molar-refractivity contribution is 0.669. The van der Waals surface area contributed by atoms with Crippen LogP contribution in [-0.4, -0.2) is 0 Å². The summed E-state index contributed by atoms with van der Waals surface area (Å²) in [6, 6.07) is 88.9. The van der Waals surface area contributed by atoms with Gasteiger partial charge in [-0.05, 0) is 128 Å². The zero-order valence-electron chi connectivity index (χ0n) is 36.4. The quantitative estimate of drug-likeness (QED) is 0.152. The minimum atomic E-state index is 0.888. The molecule has 0 saturated heterocycles. The van der Waals surface area contributed by atoms with Gasteiger partial charge in [0.15, 0.2) is 0 Å². The van der Waals surface area contributed by atoms with Crippen LogP contribution in [0.2, 0.25) is 0 Å². The van der Waals surface area contributed by atoms with Crippen molar-refractivity contribution < 1.29 is 8.83 Å². The average molecular weight is 856 g/mol. The second-order valence-electron chi connectivity index (χ2n) is 17.2. The van der Waals surface area contributed by atoms with Gasteiger partial charge in [-0.25, -0.2) is 0 Å². The summed E-state index contributed by atoms with van der Waals surface area (Å²) in [6.45, 7) is 0. The lowest BCUT2D eigenvalue weighted by Crippen LogP contribution is -2.09. The minimum Gasteiger partial charge on any atom is -0.456 e. The Kier molecular flexibility index (Phi) is 9.17. The lowest BCUT2D eigenvalue weighted by Gasteiger charge is -2.26. The highest BCUT2D eigenvalue weighted by molar-refractivity contribution is 6.19. The Morgan fingerprint density at radius 3 is 1.37 bits per heavy atom. The van der Waals surface area contributed by atoms with Gasteiger partial charge in [-0.15, -0.1) is 0 Å². The predicted octanol–water partition coefficient (Wildman–Crippen LogP) is 18.4. The van der Waals surface area contributed by atoms with Crippen LogP contribution in [0.5, 0.6) is 0 Å². The van der Waals surface area contributed by atoms with E-state index < -0.39 is 0 Å². The summed E-state index contributed by atoms with van der Waals surface area (Å²) in [5.74, 6) is 0. The predicted molar refractivity (Wildman–Crippen MR) is 280 cm³/mol. The van der Waals surface area contributed by atoms with Crippen LogP contribution in [0, 0.1) is 0 Å². The standard InChI is InChI=1S/C64H41NO2/c1-3-13-43(14-4-1)52-39-32-48(41-58(52)44-15-5-2-6-16-44)42-25-33-49(34-26-42)65(50-35-27-46(28-36-50)53-20-11-23-60-62(53)56-19-9-10-22-59(56)66-60)51-37-29-47(30-38-51)54-21-12-24-61-63(54)57-40-31-45-17-7-8-18-55(45)64(57)67-61/h1-41H. The first-order valence-electron chi connectivity index (χ1n) is 22.8. The number of benzene rings is 11. The van der Waals surface area contributed by atoms with Gasteiger partial charge in [0, 0.05) is 44.0 Å². The molecule has 0 amide bonds. The Morgan fingerprint density at radius 1 is 0.254 bits per heavy atom. The van der Waals surface area contributed by atoms with E-state index in [0.29, 0.717) is 0 Å². The normalized spacial score (nSPS) is 11.6. The summed E-state index contributed by atoms with van der Waals surface area (Å²) in [5.41, 5.74) is 18.5. The number of hydrogen-bond donors (Lipinski definition) is 0. The molecule has 2 aromatic heterocycles. The fourth-order valence-corrected chi connectivity index (χ4v) is 10.1. The summed E-state index contributed by atoms with van der Waals surface area (Å²) in [4.78, 5) is 2.35. The lowest BCUT2D eigenvalue weighted by atomic mass is 9.91. The molecule has 0 unspecified atom stereocenters. The third-order valence-corrected chi connectivity index (χ3v) is 13.3. The second-order valence-corrected chi connectivity index (χ2v) is 17.2. The molecule has 67 heavy (non-hydrogen) atoms. The third-order valence-electron chi connectivity index (χ3n) is 13.3. The van der Waals surface area contributed by atoms with E-state index in [-0.39, 0.29) is 0 Å². The van der Waals surface area contributed by atoms with E-state index in [4.69, 9.17) is 8.83 Å². The van der Waals surface area contributed by atoms with E-state index in [9.17, 15) is 0 Å². The first-order valence-corrected chi connectivity index (χ1v) is 22.8. The monoisotopic (exact) mass is 855 g/mol. The van der Waals surface area contributed by atoms with E-state index in [1.54, 1.807) is 0 Å². The minimum absolute atomic E-state index is 0.888. The molecule has 13 rings (SSSR count). The van der Waals surface area contributed by atoms with Gasteiger partial charge >= 0.3 is 0 Å². The van der Waals surface area contributed by atoms with Crippen LogP contribution < -0.4 is 4.90 Å². The Hall–Kier alpha value is -8.92. The van der Waals surface area contributed by atoms with Crippen LogP contribution in [0.1, 0.15) is 0 Å². The molecule has 0 bridgehead atoms. The van der Waals surface area contributed by atoms with Gasteiger partial charge in [0.25, 0.3) is 0 Å². The average Bonchev–Trinajstić information content (AvgIpc) is 3.99. The van der Waals surface area contributed by atoms with E-state index in [2.05, 4.69) is 241 Å². The number of furan rings is 2. The molecule has 2 heterocycles. The van der Waals surface area contributed by atoms with Crippen LogP contribution in [0.15, 0.2) is 258 Å². The van der Waals surface area contributed by atoms with E-state index in [1.165, 1.54) is 33.2 Å². The molecule has 0 fully saturated rings. The largest absolute Gasteiger partial charge is 0.456 e. The van der Waals surface area contributed by atoms with E-state index in [0.717, 1.165) is 94.1 Å². The Morgan fingerprint density at radius 2 is 0.731 bits per heavy atom. The first kappa shape index (κ1) is 38.5. The molecule has 3 nitrogen and oxygen atoms in total. The van der Waals surface area contributed by atoms with E-state index >= 15 is 0 Å². The maximum atomic E-state index is 6.57. The van der Waals surface area contributed by atoms with Crippen molar-refractivity contribution in [3.05, 3.63) is 249 Å². The highest BCUT2D eigenvalue weighted by Gasteiger charge is 2.19. The molecular weight excluding hydrogens is 815 g/mol. The summed E-state index contributed by atoms with van der Waals surface area (Å²) in [5, 5.41) is 6.81. The van der Waals surface area contributed by atoms with Gasteiger partial charge in [0.2, 0.25) is 0 Å². The van der Waals surface area contributed by atoms with Crippen molar-refractivity contribution in [3.63, 3.8) is 0 Å². The summed E-state index contributed by atoms with van der Waals surface area (Å²) in [6.07, 6.45) is 0. The SMILES string of the molecule is c1ccc(-c2ccc(-c3ccc(N(c4ccc(-c5cccc6oc7ccccc7c56)cc4)c4ccc(-c5cccc6oc7c8ccccc8ccc7c56)cc4)cc3)cc2-c2ccccc2)cc1.